The number of rotatable bonds is 5. The molecule has 0 unspecified atom stereocenters. The lowest BCUT2D eigenvalue weighted by Crippen LogP contribution is -2.58. The minimum Gasteiger partial charge on any atom is -0.392 e. The van der Waals surface area contributed by atoms with E-state index in [0.717, 1.165) is 31.6 Å². The third kappa shape index (κ3) is 3.83. The fourth-order valence-corrected chi connectivity index (χ4v) is 9.37. The van der Waals surface area contributed by atoms with Crippen molar-refractivity contribution in [1.29, 1.82) is 0 Å². The van der Waals surface area contributed by atoms with Gasteiger partial charge in [-0.25, -0.2) is 0 Å². The molecule has 0 bridgehead atoms. The van der Waals surface area contributed by atoms with Gasteiger partial charge in [0.05, 0.1) is 17.8 Å². The lowest BCUT2D eigenvalue weighted by Gasteiger charge is -2.62. The van der Waals surface area contributed by atoms with E-state index in [-0.39, 0.29) is 23.0 Å². The average Bonchev–Trinajstić information content (AvgIpc) is 3.03. The van der Waals surface area contributed by atoms with Crippen molar-refractivity contribution < 1.29 is 15.3 Å². The Bertz CT molecular complexity index is 733. The van der Waals surface area contributed by atoms with E-state index >= 15 is 0 Å². The summed E-state index contributed by atoms with van der Waals surface area (Å²) in [5.41, 5.74) is 0.960. The summed E-state index contributed by atoms with van der Waals surface area (Å²) in [5, 5.41) is 32.4. The monoisotopic (exact) mass is 446 g/mol. The Morgan fingerprint density at radius 3 is 2.34 bits per heavy atom. The quantitative estimate of drug-likeness (QED) is 0.446. The highest BCUT2D eigenvalue weighted by molar-refractivity contribution is 5.33. The zero-order valence-electron chi connectivity index (χ0n) is 21.8. The second-order valence-corrected chi connectivity index (χ2v) is 14.0. The molecular weight excluding hydrogens is 396 g/mol. The molecular formula is C29H50O3. The van der Waals surface area contributed by atoms with E-state index in [9.17, 15) is 15.3 Å². The molecule has 0 aliphatic heterocycles. The van der Waals surface area contributed by atoms with Crippen LogP contribution in [0.25, 0.3) is 0 Å². The summed E-state index contributed by atoms with van der Waals surface area (Å²) in [4.78, 5) is 0. The molecule has 184 valence electrons. The van der Waals surface area contributed by atoms with Crippen LogP contribution in [-0.4, -0.2) is 33.1 Å². The van der Waals surface area contributed by atoms with Gasteiger partial charge in [-0.05, 0) is 99.2 Å². The van der Waals surface area contributed by atoms with Crippen LogP contribution in [0.15, 0.2) is 11.6 Å². The molecule has 0 radical (unpaired) electrons. The van der Waals surface area contributed by atoms with E-state index < -0.39 is 5.60 Å². The smallest absolute Gasteiger partial charge is 0.0757 e. The maximum Gasteiger partial charge on any atom is 0.0757 e. The van der Waals surface area contributed by atoms with Crippen LogP contribution >= 0.6 is 0 Å². The van der Waals surface area contributed by atoms with Gasteiger partial charge in [-0.1, -0.05) is 59.1 Å². The highest BCUT2D eigenvalue weighted by Gasteiger charge is 2.63. The van der Waals surface area contributed by atoms with E-state index in [1.54, 1.807) is 0 Å². The Morgan fingerprint density at radius 2 is 1.69 bits per heavy atom. The van der Waals surface area contributed by atoms with Gasteiger partial charge in [-0.15, -0.1) is 0 Å². The van der Waals surface area contributed by atoms with Crippen molar-refractivity contribution in [3.05, 3.63) is 11.6 Å². The van der Waals surface area contributed by atoms with Crippen LogP contribution in [0, 0.1) is 45.8 Å². The molecule has 3 nitrogen and oxygen atoms in total. The highest BCUT2D eigenvalue weighted by Crippen LogP contribution is 2.69. The molecule has 32 heavy (non-hydrogen) atoms. The molecule has 3 heteroatoms. The predicted molar refractivity (Wildman–Crippen MR) is 131 cm³/mol. The minimum absolute atomic E-state index is 0.115. The first-order chi connectivity index (χ1) is 14.7. The van der Waals surface area contributed by atoms with Crippen molar-refractivity contribution >= 4 is 0 Å². The third-order valence-electron chi connectivity index (χ3n) is 11.2. The Labute approximate surface area is 197 Å². The lowest BCUT2D eigenvalue weighted by atomic mass is 9.43. The van der Waals surface area contributed by atoms with Gasteiger partial charge in [-0.2, -0.15) is 0 Å². The highest BCUT2D eigenvalue weighted by atomic mass is 16.3. The number of fused-ring (bicyclic) bond motifs is 5. The molecule has 0 heterocycles. The number of hydrogen-bond donors (Lipinski definition) is 3. The van der Waals surface area contributed by atoms with Gasteiger partial charge in [0.15, 0.2) is 0 Å². The predicted octanol–water partition coefficient (Wildman–Crippen LogP) is 6.11. The third-order valence-corrected chi connectivity index (χ3v) is 11.2. The summed E-state index contributed by atoms with van der Waals surface area (Å²) in [6.07, 6.45) is 11.6. The molecule has 0 saturated heterocycles. The van der Waals surface area contributed by atoms with Crippen LogP contribution in [0.4, 0.5) is 0 Å². The molecule has 0 aromatic heterocycles. The molecule has 4 rings (SSSR count). The first-order valence-corrected chi connectivity index (χ1v) is 13.5. The molecule has 3 fully saturated rings. The summed E-state index contributed by atoms with van der Waals surface area (Å²) in [5.74, 6) is 2.90. The van der Waals surface area contributed by atoms with Crippen LogP contribution in [0.3, 0.4) is 0 Å². The van der Waals surface area contributed by atoms with Gasteiger partial charge in [-0.3, -0.25) is 0 Å². The average molecular weight is 447 g/mol. The maximum atomic E-state index is 11.5. The topological polar surface area (TPSA) is 60.7 Å². The normalized spacial score (nSPS) is 46.6. The second-order valence-electron chi connectivity index (χ2n) is 14.0. The molecule has 3 N–H and O–H groups in total. The van der Waals surface area contributed by atoms with Crippen molar-refractivity contribution in [1.82, 2.24) is 0 Å². The van der Waals surface area contributed by atoms with Gasteiger partial charge in [0, 0.05) is 5.41 Å². The summed E-state index contributed by atoms with van der Waals surface area (Å²) in [6.45, 7) is 15.6. The molecule has 0 aromatic carbocycles. The van der Waals surface area contributed by atoms with E-state index in [2.05, 4.69) is 40.7 Å². The molecule has 0 spiro atoms. The number of hydrogen-bond acceptors (Lipinski definition) is 3. The van der Waals surface area contributed by atoms with Crippen molar-refractivity contribution in [2.24, 2.45) is 45.8 Å². The van der Waals surface area contributed by atoms with Crippen molar-refractivity contribution in [3.63, 3.8) is 0 Å². The summed E-state index contributed by atoms with van der Waals surface area (Å²) >= 11 is 0. The zero-order valence-corrected chi connectivity index (χ0v) is 21.8. The molecule has 0 aromatic rings. The summed E-state index contributed by atoms with van der Waals surface area (Å²) < 4.78 is 0. The first-order valence-electron chi connectivity index (χ1n) is 13.5. The number of aliphatic hydroxyl groups excluding tert-OH is 2. The molecule has 4 aliphatic carbocycles. The maximum absolute atomic E-state index is 11.5. The van der Waals surface area contributed by atoms with E-state index in [1.807, 2.05) is 13.8 Å². The molecule has 0 amide bonds. The molecule has 9 atom stereocenters. The minimum atomic E-state index is -0.563. The summed E-state index contributed by atoms with van der Waals surface area (Å²) in [7, 11) is 0. The van der Waals surface area contributed by atoms with Gasteiger partial charge in [0.25, 0.3) is 0 Å². The first kappa shape index (κ1) is 24.7. The molecule has 4 aliphatic rings. The van der Waals surface area contributed by atoms with Gasteiger partial charge >= 0.3 is 0 Å². The van der Waals surface area contributed by atoms with Gasteiger partial charge in [0.2, 0.25) is 0 Å². The lowest BCUT2D eigenvalue weighted by molar-refractivity contribution is -0.111. The van der Waals surface area contributed by atoms with Gasteiger partial charge in [0.1, 0.15) is 0 Å². The van der Waals surface area contributed by atoms with E-state index in [0.29, 0.717) is 29.1 Å². The summed E-state index contributed by atoms with van der Waals surface area (Å²) in [6, 6.07) is 0. The van der Waals surface area contributed by atoms with Crippen molar-refractivity contribution in [2.45, 2.75) is 124 Å². The Balaban J connectivity index is 1.56. The van der Waals surface area contributed by atoms with Crippen LogP contribution in [0.2, 0.25) is 0 Å². The van der Waals surface area contributed by atoms with Crippen molar-refractivity contribution in [3.8, 4) is 0 Å². The Morgan fingerprint density at radius 1 is 1.00 bits per heavy atom. The zero-order chi connectivity index (χ0) is 23.7. The standard InChI is InChI=1S/C29H50O3/c1-18(9-8-14-26(2,3)32)19-10-11-20-25-21(12-15-28(19,20)6)29(7)16-13-24(31)27(4,5)23(29)17-22(25)30/h17-22,24-25,30-32H,8-16H2,1-7H3/t18-,19-,20+,21+,22+,24+,25+,28-,29-/m1/s1. The van der Waals surface area contributed by atoms with E-state index in [1.165, 1.54) is 37.7 Å². The Hall–Kier alpha value is -0.380. The number of aliphatic hydroxyl groups is 3. The largest absolute Gasteiger partial charge is 0.392 e. The second kappa shape index (κ2) is 8.09. The fraction of sp³-hybridized carbons (Fsp3) is 0.931. The SMILES string of the molecule is C[C@H](CCCC(C)(C)O)[C@H]1CC[C@H]2[C@@H]3[C@@H](O)C=C4C(C)(C)[C@@H](O)CC[C@]4(C)[C@H]3CC[C@]12C. The fourth-order valence-electron chi connectivity index (χ4n) is 9.37. The Kier molecular flexibility index (Phi) is 6.25. The van der Waals surface area contributed by atoms with Crippen LogP contribution < -0.4 is 0 Å². The van der Waals surface area contributed by atoms with Crippen molar-refractivity contribution in [2.75, 3.05) is 0 Å². The van der Waals surface area contributed by atoms with Crippen LogP contribution in [0.1, 0.15) is 106 Å². The van der Waals surface area contributed by atoms with E-state index in [4.69, 9.17) is 0 Å². The van der Waals surface area contributed by atoms with Crippen LogP contribution in [-0.2, 0) is 0 Å². The molecule has 3 saturated carbocycles. The van der Waals surface area contributed by atoms with Gasteiger partial charge < -0.3 is 15.3 Å². The van der Waals surface area contributed by atoms with Crippen LogP contribution in [0.5, 0.6) is 0 Å².